The van der Waals surface area contributed by atoms with Gasteiger partial charge in [0, 0.05) is 51.1 Å². The van der Waals surface area contributed by atoms with Crippen LogP contribution < -0.4 is 4.72 Å². The van der Waals surface area contributed by atoms with E-state index in [0.29, 0.717) is 37.6 Å². The number of aromatic nitrogens is 2. The molecule has 0 bridgehead atoms. The van der Waals surface area contributed by atoms with Gasteiger partial charge in [0.25, 0.3) is 5.91 Å². The fraction of sp³-hybridized carbons (Fsp3) is 0.722. The Labute approximate surface area is 171 Å². The lowest BCUT2D eigenvalue weighted by molar-refractivity contribution is -0.129. The average molecular weight is 427 g/mol. The summed E-state index contributed by atoms with van der Waals surface area (Å²) in [5.41, 5.74) is 1.07. The van der Waals surface area contributed by atoms with Gasteiger partial charge in [-0.15, -0.1) is 0 Å². The highest BCUT2D eigenvalue weighted by molar-refractivity contribution is 7.88. The highest BCUT2D eigenvalue weighted by Crippen LogP contribution is 2.43. The first-order valence-electron chi connectivity index (χ1n) is 9.56. The molecule has 2 aliphatic rings. The van der Waals surface area contributed by atoms with Crippen LogP contribution in [-0.2, 0) is 21.9 Å². The van der Waals surface area contributed by atoms with Crippen molar-refractivity contribution in [2.24, 2.45) is 18.4 Å². The average Bonchev–Trinajstić information content (AvgIpc) is 3.21. The molecule has 0 saturated carbocycles. The maximum Gasteiger partial charge on any atom is 0.272 e. The van der Waals surface area contributed by atoms with Crippen LogP contribution in [0.25, 0.3) is 0 Å². The molecule has 2 fully saturated rings. The first-order chi connectivity index (χ1) is 13.4. The lowest BCUT2D eigenvalue weighted by atomic mass is 9.80. The predicted octanol–water partition coefficient (Wildman–Crippen LogP) is -1.26. The highest BCUT2D eigenvalue weighted by Gasteiger charge is 2.54. The number of hydrogen-bond donors (Lipinski definition) is 1. The Morgan fingerprint density at radius 2 is 1.90 bits per heavy atom. The number of hydrogen-bond acceptors (Lipinski definition) is 6. The Morgan fingerprint density at radius 1 is 1.28 bits per heavy atom. The molecule has 1 N–H and O–H groups in total. The third kappa shape index (κ3) is 4.46. The van der Waals surface area contributed by atoms with Crippen LogP contribution in [0.1, 0.15) is 16.2 Å². The van der Waals surface area contributed by atoms with Crippen molar-refractivity contribution in [1.29, 1.82) is 0 Å². The molecule has 0 radical (unpaired) electrons. The highest BCUT2D eigenvalue weighted by atomic mass is 32.2. The molecule has 0 aliphatic carbocycles. The molecule has 1 aromatic heterocycles. The van der Waals surface area contributed by atoms with Crippen LogP contribution in [0, 0.1) is 18.3 Å². The zero-order chi connectivity index (χ0) is 21.6. The minimum absolute atomic E-state index is 0.0355. The summed E-state index contributed by atoms with van der Waals surface area (Å²) in [6.45, 7) is 4.49. The van der Waals surface area contributed by atoms with Gasteiger partial charge in [0.2, 0.25) is 15.9 Å². The van der Waals surface area contributed by atoms with Crippen LogP contribution in [0.3, 0.4) is 0 Å². The molecular formula is C18H30N6O4S. The molecular weight excluding hydrogens is 396 g/mol. The van der Waals surface area contributed by atoms with Crippen LogP contribution in [0.2, 0.25) is 0 Å². The second kappa shape index (κ2) is 7.69. The fourth-order valence-corrected chi connectivity index (χ4v) is 5.07. The molecule has 1 aromatic rings. The van der Waals surface area contributed by atoms with Crippen LogP contribution in [0.15, 0.2) is 6.33 Å². The van der Waals surface area contributed by atoms with Gasteiger partial charge in [0.1, 0.15) is 5.69 Å². The zero-order valence-corrected chi connectivity index (χ0v) is 18.5. The van der Waals surface area contributed by atoms with Crippen molar-refractivity contribution in [3.8, 4) is 0 Å². The van der Waals surface area contributed by atoms with E-state index in [2.05, 4.69) is 14.6 Å². The van der Waals surface area contributed by atoms with Crippen molar-refractivity contribution in [3.05, 3.63) is 17.7 Å². The Morgan fingerprint density at radius 3 is 2.45 bits per heavy atom. The Bertz CT molecular complexity index is 892. The number of nitrogens with zero attached hydrogens (tertiary/aromatic N) is 5. The Balaban J connectivity index is 1.76. The molecule has 2 aliphatic heterocycles. The normalized spacial score (nSPS) is 24.4. The first kappa shape index (κ1) is 21.7. The van der Waals surface area contributed by atoms with Gasteiger partial charge in [-0.25, -0.2) is 18.1 Å². The summed E-state index contributed by atoms with van der Waals surface area (Å²) in [7, 11) is 2.36. The molecule has 162 valence electrons. The van der Waals surface area contributed by atoms with Gasteiger partial charge in [-0.05, 0) is 21.0 Å². The number of rotatable bonds is 6. The van der Waals surface area contributed by atoms with Crippen molar-refractivity contribution in [3.63, 3.8) is 0 Å². The summed E-state index contributed by atoms with van der Waals surface area (Å²) in [4.78, 5) is 35.6. The molecule has 2 saturated heterocycles. The van der Waals surface area contributed by atoms with Crippen molar-refractivity contribution < 1.29 is 18.0 Å². The van der Waals surface area contributed by atoms with E-state index in [0.717, 1.165) is 12.8 Å². The molecule has 3 rings (SSSR count). The van der Waals surface area contributed by atoms with Gasteiger partial charge in [-0.1, -0.05) is 0 Å². The number of carbonyl (C=O) groups excluding carboxylic acids is 2. The summed E-state index contributed by atoms with van der Waals surface area (Å²) in [6.07, 6.45) is 2.68. The Hall–Kier alpha value is -1.98. The minimum Gasteiger partial charge on any atom is -0.341 e. The van der Waals surface area contributed by atoms with E-state index < -0.39 is 10.0 Å². The van der Waals surface area contributed by atoms with E-state index in [1.807, 2.05) is 33.0 Å². The maximum atomic E-state index is 13.1. The number of fused-ring (bicyclic) bond motifs is 1. The van der Waals surface area contributed by atoms with E-state index in [1.165, 1.54) is 0 Å². The summed E-state index contributed by atoms with van der Waals surface area (Å²) in [5.74, 6) is -0.125. The van der Waals surface area contributed by atoms with Crippen LogP contribution in [-0.4, -0.2) is 104 Å². The second-order valence-corrected chi connectivity index (χ2v) is 10.5. The van der Waals surface area contributed by atoms with E-state index in [9.17, 15) is 18.0 Å². The molecule has 2 unspecified atom stereocenters. The number of amides is 2. The topological polar surface area (TPSA) is 108 Å². The SMILES string of the molecule is Cc1ncn(C)c1C(=O)N1CC2CN(C(=O)CNS(C)(=O)=O)CC2(CN(C)C)C1. The molecule has 29 heavy (non-hydrogen) atoms. The van der Waals surface area contributed by atoms with Gasteiger partial charge in [0.15, 0.2) is 0 Å². The van der Waals surface area contributed by atoms with Gasteiger partial charge in [-0.3, -0.25) is 9.59 Å². The molecule has 10 nitrogen and oxygen atoms in total. The number of imidazole rings is 1. The number of aryl methyl sites for hydroxylation is 2. The van der Waals surface area contributed by atoms with Crippen molar-refractivity contribution in [1.82, 2.24) is 29.0 Å². The zero-order valence-electron chi connectivity index (χ0n) is 17.7. The van der Waals surface area contributed by atoms with Gasteiger partial charge < -0.3 is 19.3 Å². The number of likely N-dealkylation sites (tertiary alicyclic amines) is 2. The van der Waals surface area contributed by atoms with E-state index >= 15 is 0 Å². The van der Waals surface area contributed by atoms with Gasteiger partial charge >= 0.3 is 0 Å². The van der Waals surface area contributed by atoms with Crippen LogP contribution in [0.4, 0.5) is 0 Å². The largest absolute Gasteiger partial charge is 0.341 e. The first-order valence-corrected chi connectivity index (χ1v) is 11.5. The number of carbonyl (C=O) groups is 2. The lowest BCUT2D eigenvalue weighted by Crippen LogP contribution is -2.45. The van der Waals surface area contributed by atoms with Gasteiger partial charge in [-0.2, -0.15) is 0 Å². The lowest BCUT2D eigenvalue weighted by Gasteiger charge is -2.32. The van der Waals surface area contributed by atoms with Crippen molar-refractivity contribution in [2.45, 2.75) is 6.92 Å². The predicted molar refractivity (Wildman–Crippen MR) is 108 cm³/mol. The smallest absolute Gasteiger partial charge is 0.272 e. The maximum absolute atomic E-state index is 13.1. The second-order valence-electron chi connectivity index (χ2n) is 8.64. The molecule has 2 atom stereocenters. The quantitative estimate of drug-likeness (QED) is 0.608. The Kier molecular flexibility index (Phi) is 5.76. The summed E-state index contributed by atoms with van der Waals surface area (Å²) in [5, 5.41) is 0. The van der Waals surface area contributed by atoms with E-state index in [-0.39, 0.29) is 29.7 Å². The van der Waals surface area contributed by atoms with Gasteiger partial charge in [0.05, 0.1) is 24.8 Å². The molecule has 2 amide bonds. The minimum atomic E-state index is -3.42. The summed E-state index contributed by atoms with van der Waals surface area (Å²) < 4.78 is 26.6. The fourth-order valence-electron chi connectivity index (χ4n) is 4.69. The van der Waals surface area contributed by atoms with E-state index in [1.54, 1.807) is 15.8 Å². The van der Waals surface area contributed by atoms with Crippen LogP contribution in [0.5, 0.6) is 0 Å². The number of nitrogens with one attached hydrogen (secondary N) is 1. The van der Waals surface area contributed by atoms with Crippen molar-refractivity contribution >= 4 is 21.8 Å². The summed E-state index contributed by atoms with van der Waals surface area (Å²) >= 11 is 0. The molecule has 0 spiro atoms. The molecule has 3 heterocycles. The monoisotopic (exact) mass is 426 g/mol. The van der Waals surface area contributed by atoms with Crippen LogP contribution >= 0.6 is 0 Å². The molecule has 0 aromatic carbocycles. The standard InChI is InChI=1S/C18H30N6O4S/c1-13-16(22(4)12-19-13)17(26)24-8-14-7-23(15(25)6-20-29(5,27)28)10-18(14,11-24)9-21(2)3/h12,14,20H,6-11H2,1-5H3. The van der Waals surface area contributed by atoms with E-state index in [4.69, 9.17) is 0 Å². The van der Waals surface area contributed by atoms with Crippen molar-refractivity contribution in [2.75, 3.05) is 59.6 Å². The summed E-state index contributed by atoms with van der Waals surface area (Å²) in [6, 6.07) is 0. The number of sulfonamides is 1. The molecule has 11 heteroatoms. The third-order valence-electron chi connectivity index (χ3n) is 5.84. The third-order valence-corrected chi connectivity index (χ3v) is 6.51.